The van der Waals surface area contributed by atoms with Crippen LogP contribution in [-0.4, -0.2) is 12.6 Å². The predicted molar refractivity (Wildman–Crippen MR) is 122 cm³/mol. The predicted octanol–water partition coefficient (Wildman–Crippen LogP) is 7.10. The van der Waals surface area contributed by atoms with Crippen molar-refractivity contribution in [3.63, 3.8) is 0 Å². The molecular weight excluding hydrogens is 354 g/mol. The van der Waals surface area contributed by atoms with E-state index in [0.717, 1.165) is 18.1 Å². The summed E-state index contributed by atoms with van der Waals surface area (Å²) in [4.78, 5) is 0. The van der Waals surface area contributed by atoms with Crippen LogP contribution in [0.1, 0.15) is 108 Å². The van der Waals surface area contributed by atoms with E-state index in [9.17, 15) is 0 Å². The lowest BCUT2D eigenvalue weighted by molar-refractivity contribution is 0.0795. The van der Waals surface area contributed by atoms with Crippen LogP contribution < -0.4 is 10.1 Å². The van der Waals surface area contributed by atoms with E-state index in [1.54, 1.807) is 11.1 Å². The molecule has 0 unspecified atom stereocenters. The lowest BCUT2D eigenvalue weighted by Gasteiger charge is -2.56. The van der Waals surface area contributed by atoms with Crippen LogP contribution in [0.15, 0.2) is 18.2 Å². The first-order valence-corrected chi connectivity index (χ1v) is 12.7. The van der Waals surface area contributed by atoms with Gasteiger partial charge in [-0.2, -0.15) is 0 Å². The molecule has 0 aromatic heterocycles. The Morgan fingerprint density at radius 2 is 1.86 bits per heavy atom. The van der Waals surface area contributed by atoms with E-state index in [2.05, 4.69) is 37.0 Å². The third kappa shape index (κ3) is 4.84. The topological polar surface area (TPSA) is 21.3 Å². The van der Waals surface area contributed by atoms with E-state index >= 15 is 0 Å². The number of rotatable bonds is 11. The average molecular weight is 397 g/mol. The lowest BCUT2D eigenvalue weighted by atomic mass is 9.53. The Morgan fingerprint density at radius 3 is 2.72 bits per heavy atom. The van der Waals surface area contributed by atoms with Gasteiger partial charge >= 0.3 is 0 Å². The van der Waals surface area contributed by atoms with Crippen LogP contribution in [0, 0.1) is 12.5 Å². The highest BCUT2D eigenvalue weighted by molar-refractivity contribution is 5.45. The van der Waals surface area contributed by atoms with Gasteiger partial charge in [0.05, 0.1) is 0 Å². The zero-order valence-electron chi connectivity index (χ0n) is 18.7. The maximum Gasteiger partial charge on any atom is 0.135 e. The molecule has 2 aliphatic carbocycles. The molecule has 1 saturated heterocycles. The first kappa shape index (κ1) is 21.2. The Kier molecular flexibility index (Phi) is 7.56. The summed E-state index contributed by atoms with van der Waals surface area (Å²) in [7, 11) is 0. The molecule has 1 heterocycles. The molecule has 161 valence electrons. The van der Waals surface area contributed by atoms with E-state index in [1.807, 2.05) is 0 Å². The second-order valence-corrected chi connectivity index (χ2v) is 9.89. The van der Waals surface area contributed by atoms with Gasteiger partial charge in [-0.15, -0.1) is 0 Å². The van der Waals surface area contributed by atoms with Gasteiger partial charge in [0.2, 0.25) is 0 Å². The molecule has 1 N–H and O–H groups in total. The molecule has 4 rings (SSSR count). The molecule has 2 fully saturated rings. The number of hydrogen-bond donors (Lipinski definition) is 1. The smallest absolute Gasteiger partial charge is 0.135 e. The SMILES string of the molecule is CCCCCCCCCC[CH]Oc1ccc2c(c1)[C@@]13CCCC[C@H]1[C@@H](C2)NCC3. The fraction of sp³-hybridized carbons (Fsp3) is 0.741. The molecule has 1 aliphatic heterocycles. The number of ether oxygens (including phenoxy) is 1. The van der Waals surface area contributed by atoms with Crippen LogP contribution in [0.2, 0.25) is 0 Å². The van der Waals surface area contributed by atoms with Gasteiger partial charge in [-0.1, -0.05) is 70.8 Å². The third-order valence-corrected chi connectivity index (χ3v) is 8.01. The van der Waals surface area contributed by atoms with Gasteiger partial charge in [-0.3, -0.25) is 0 Å². The van der Waals surface area contributed by atoms with Crippen LogP contribution in [-0.2, 0) is 11.8 Å². The maximum absolute atomic E-state index is 6.11. The number of hydrogen-bond acceptors (Lipinski definition) is 2. The normalized spacial score (nSPS) is 27.9. The van der Waals surface area contributed by atoms with Crippen LogP contribution in [0.25, 0.3) is 0 Å². The first-order chi connectivity index (χ1) is 14.3. The number of benzene rings is 1. The second kappa shape index (κ2) is 10.3. The molecular formula is C27H42NO. The molecule has 3 aliphatic rings. The molecule has 0 spiro atoms. The van der Waals surface area contributed by atoms with Crippen molar-refractivity contribution >= 4 is 0 Å². The van der Waals surface area contributed by atoms with Gasteiger partial charge in [-0.05, 0) is 74.2 Å². The minimum atomic E-state index is 0.429. The van der Waals surface area contributed by atoms with Crippen molar-refractivity contribution in [2.24, 2.45) is 5.92 Å². The number of piperidine rings is 1. The van der Waals surface area contributed by atoms with Gasteiger partial charge in [0.15, 0.2) is 0 Å². The van der Waals surface area contributed by atoms with Gasteiger partial charge in [0.1, 0.15) is 12.4 Å². The van der Waals surface area contributed by atoms with E-state index < -0.39 is 0 Å². The largest absolute Gasteiger partial charge is 0.487 e. The van der Waals surface area contributed by atoms with Gasteiger partial charge < -0.3 is 10.1 Å². The van der Waals surface area contributed by atoms with E-state index in [0.29, 0.717) is 11.5 Å². The Bertz CT molecular complexity index is 637. The van der Waals surface area contributed by atoms with Gasteiger partial charge in [0, 0.05) is 11.5 Å². The number of unbranched alkanes of at least 4 members (excludes halogenated alkanes) is 8. The van der Waals surface area contributed by atoms with Crippen molar-refractivity contribution in [3.05, 3.63) is 35.9 Å². The Balaban J connectivity index is 1.26. The third-order valence-electron chi connectivity index (χ3n) is 8.01. The van der Waals surface area contributed by atoms with E-state index in [4.69, 9.17) is 4.74 Å². The summed E-state index contributed by atoms with van der Waals surface area (Å²) >= 11 is 0. The summed E-state index contributed by atoms with van der Waals surface area (Å²) in [5.74, 6) is 1.91. The zero-order valence-corrected chi connectivity index (χ0v) is 18.7. The quantitative estimate of drug-likeness (QED) is 0.403. The fourth-order valence-electron chi connectivity index (χ4n) is 6.49. The molecule has 2 bridgehead atoms. The number of fused-ring (bicyclic) bond motifs is 1. The van der Waals surface area contributed by atoms with Crippen molar-refractivity contribution < 1.29 is 4.74 Å². The van der Waals surface area contributed by atoms with Crippen molar-refractivity contribution in [2.75, 3.05) is 6.54 Å². The molecule has 1 saturated carbocycles. The van der Waals surface area contributed by atoms with Gasteiger partial charge in [0.25, 0.3) is 0 Å². The van der Waals surface area contributed by atoms with Crippen LogP contribution in [0.3, 0.4) is 0 Å². The molecule has 1 radical (unpaired) electrons. The molecule has 1 aromatic rings. The highest BCUT2D eigenvalue weighted by atomic mass is 16.5. The molecule has 1 aromatic carbocycles. The Morgan fingerprint density at radius 1 is 1.03 bits per heavy atom. The maximum atomic E-state index is 6.11. The summed E-state index contributed by atoms with van der Waals surface area (Å²) < 4.78 is 6.11. The van der Waals surface area contributed by atoms with Crippen molar-refractivity contribution in [1.29, 1.82) is 0 Å². The summed E-state index contributed by atoms with van der Waals surface area (Å²) in [5.41, 5.74) is 3.65. The van der Waals surface area contributed by atoms with Crippen LogP contribution in [0.4, 0.5) is 0 Å². The molecule has 0 amide bonds. The van der Waals surface area contributed by atoms with Gasteiger partial charge in [-0.25, -0.2) is 0 Å². The first-order valence-electron chi connectivity index (χ1n) is 12.7. The summed E-state index contributed by atoms with van der Waals surface area (Å²) in [6.45, 7) is 5.54. The summed E-state index contributed by atoms with van der Waals surface area (Å²) in [6, 6.07) is 7.69. The van der Waals surface area contributed by atoms with Crippen molar-refractivity contribution in [1.82, 2.24) is 5.32 Å². The zero-order chi connectivity index (χ0) is 19.9. The monoisotopic (exact) mass is 396 g/mol. The van der Waals surface area contributed by atoms with Crippen molar-refractivity contribution in [2.45, 2.75) is 115 Å². The fourth-order valence-corrected chi connectivity index (χ4v) is 6.49. The van der Waals surface area contributed by atoms with E-state index in [-0.39, 0.29) is 0 Å². The molecule has 29 heavy (non-hydrogen) atoms. The molecule has 2 nitrogen and oxygen atoms in total. The summed E-state index contributed by atoms with van der Waals surface area (Å²) in [6.07, 6.45) is 20.2. The van der Waals surface area contributed by atoms with Crippen molar-refractivity contribution in [3.8, 4) is 5.75 Å². The van der Waals surface area contributed by atoms with Crippen LogP contribution in [0.5, 0.6) is 5.75 Å². The Labute approximate surface area is 179 Å². The highest BCUT2D eigenvalue weighted by Crippen LogP contribution is 2.54. The lowest BCUT2D eigenvalue weighted by Crippen LogP contribution is -2.59. The van der Waals surface area contributed by atoms with Crippen LogP contribution >= 0.6 is 0 Å². The average Bonchev–Trinajstić information content (AvgIpc) is 2.75. The minimum Gasteiger partial charge on any atom is -0.487 e. The number of nitrogens with one attached hydrogen (secondary N) is 1. The molecule has 2 heteroatoms. The second-order valence-electron chi connectivity index (χ2n) is 9.89. The Hall–Kier alpha value is -1.02. The van der Waals surface area contributed by atoms with E-state index in [1.165, 1.54) is 96.4 Å². The standard InChI is InChI=1S/C27H42NO/c1-2-3-4-5-6-7-8-9-12-19-29-23-15-14-22-20-26-24-13-10-11-16-27(24,17-18-28-26)25(22)21-23/h14-15,19,21,24,26,28H,2-13,16-18,20H2,1H3/t24-,26+,27+/m0/s1. The molecule has 3 atom stereocenters. The minimum absolute atomic E-state index is 0.429. The summed E-state index contributed by atoms with van der Waals surface area (Å²) in [5, 5.41) is 3.84. The highest BCUT2D eigenvalue weighted by Gasteiger charge is 2.51.